The summed E-state index contributed by atoms with van der Waals surface area (Å²) in [6.07, 6.45) is 0. The zero-order chi connectivity index (χ0) is 19.3. The molecule has 0 amide bonds. The van der Waals surface area contributed by atoms with E-state index >= 15 is 0 Å². The number of nitrogens with zero attached hydrogens (tertiary/aromatic N) is 1. The fourth-order valence-electron chi connectivity index (χ4n) is 2.30. The molecule has 3 rings (SSSR count). The quantitative estimate of drug-likeness (QED) is 0.272. The average Bonchev–Trinajstić information content (AvgIpc) is 2.70. The van der Waals surface area contributed by atoms with Crippen molar-refractivity contribution < 1.29 is 13.2 Å². The van der Waals surface area contributed by atoms with Crippen LogP contribution in [0.3, 0.4) is 0 Å². The fourth-order valence-corrected chi connectivity index (χ4v) is 3.83. The lowest BCUT2D eigenvalue weighted by atomic mass is 10.1. The maximum Gasteiger partial charge on any atom is 0.229 e. The van der Waals surface area contributed by atoms with Gasteiger partial charge in [-0.05, 0) is 36.4 Å². The van der Waals surface area contributed by atoms with Crippen molar-refractivity contribution in [1.29, 1.82) is 0 Å². The van der Waals surface area contributed by atoms with Crippen molar-refractivity contribution in [2.75, 3.05) is 5.43 Å². The highest BCUT2D eigenvalue weighted by Crippen LogP contribution is 2.18. The fraction of sp³-hybridized carbons (Fsp3) is 0. The Morgan fingerprint density at radius 2 is 1.37 bits per heavy atom. The van der Waals surface area contributed by atoms with Crippen LogP contribution in [0.25, 0.3) is 0 Å². The molecule has 0 saturated heterocycles. The van der Waals surface area contributed by atoms with E-state index in [1.807, 2.05) is 0 Å². The Morgan fingerprint density at radius 3 is 1.96 bits per heavy atom. The summed E-state index contributed by atoms with van der Waals surface area (Å²) < 4.78 is 26.9. The lowest BCUT2D eigenvalue weighted by Crippen LogP contribution is -2.26. The first-order chi connectivity index (χ1) is 13.0. The van der Waals surface area contributed by atoms with Gasteiger partial charge in [0.2, 0.25) is 20.7 Å². The Balaban J connectivity index is 2.04. The van der Waals surface area contributed by atoms with Crippen molar-refractivity contribution in [1.82, 2.24) is 0 Å². The number of anilines is 1. The van der Waals surface area contributed by atoms with E-state index in [0.717, 1.165) is 4.47 Å². The largest absolute Gasteiger partial charge is 0.286 e. The van der Waals surface area contributed by atoms with E-state index in [4.69, 9.17) is 0 Å². The third kappa shape index (κ3) is 4.50. The molecule has 0 aromatic heterocycles. The summed E-state index contributed by atoms with van der Waals surface area (Å²) >= 11 is 3.33. The van der Waals surface area contributed by atoms with E-state index in [0.29, 0.717) is 5.69 Å². The van der Waals surface area contributed by atoms with Crippen molar-refractivity contribution in [3.8, 4) is 0 Å². The molecule has 0 heterocycles. The summed E-state index contributed by atoms with van der Waals surface area (Å²) in [4.78, 5) is 12.9. The number of halogens is 1. The number of ketones is 1. The lowest BCUT2D eigenvalue weighted by Gasteiger charge is -2.09. The van der Waals surface area contributed by atoms with Gasteiger partial charge in [0.15, 0.2) is 0 Å². The number of carbonyl (C=O) groups excluding carboxylic acids is 1. The van der Waals surface area contributed by atoms with Crippen molar-refractivity contribution in [3.05, 3.63) is 95.0 Å². The predicted molar refractivity (Wildman–Crippen MR) is 110 cm³/mol. The van der Waals surface area contributed by atoms with Gasteiger partial charge >= 0.3 is 0 Å². The molecule has 0 bridgehead atoms. The van der Waals surface area contributed by atoms with Gasteiger partial charge in [-0.15, -0.1) is 0 Å². The van der Waals surface area contributed by atoms with Gasteiger partial charge in [-0.3, -0.25) is 10.2 Å². The minimum atomic E-state index is -4.10. The highest BCUT2D eigenvalue weighted by molar-refractivity contribution is 9.10. The molecule has 0 radical (unpaired) electrons. The van der Waals surface area contributed by atoms with Crippen LogP contribution in [-0.4, -0.2) is 19.2 Å². The number of rotatable bonds is 5. The zero-order valence-electron chi connectivity index (χ0n) is 14.0. The molecular formula is C20H15BrN2O3S. The van der Waals surface area contributed by atoms with Gasteiger partial charge in [0.05, 0.1) is 10.6 Å². The molecule has 7 heteroatoms. The van der Waals surface area contributed by atoms with E-state index in [-0.39, 0.29) is 10.5 Å². The number of Topliss-reactive ketones (excluding diaryl/α,β-unsaturated/α-hetero) is 1. The summed E-state index contributed by atoms with van der Waals surface area (Å²) in [5.74, 6) is -0.677. The number of hydrogen-bond acceptors (Lipinski definition) is 5. The second-order valence-electron chi connectivity index (χ2n) is 5.55. The topological polar surface area (TPSA) is 75.6 Å². The van der Waals surface area contributed by atoms with Crippen molar-refractivity contribution >= 4 is 42.3 Å². The number of carbonyl (C=O) groups is 1. The molecule has 5 nitrogen and oxygen atoms in total. The number of sulfone groups is 1. The van der Waals surface area contributed by atoms with Gasteiger partial charge in [0, 0.05) is 10.0 Å². The molecule has 136 valence electrons. The number of hydrazone groups is 1. The molecule has 0 spiro atoms. The molecule has 1 N–H and O–H groups in total. The monoisotopic (exact) mass is 442 g/mol. The molecule has 0 fully saturated rings. The van der Waals surface area contributed by atoms with Crippen LogP contribution in [0, 0.1) is 0 Å². The summed E-state index contributed by atoms with van der Waals surface area (Å²) in [5.41, 5.74) is 3.46. The maximum atomic E-state index is 13.0. The highest BCUT2D eigenvalue weighted by Gasteiger charge is 2.30. The van der Waals surface area contributed by atoms with Crippen molar-refractivity contribution in [3.63, 3.8) is 0 Å². The van der Waals surface area contributed by atoms with Gasteiger partial charge in [-0.25, -0.2) is 8.42 Å². The first kappa shape index (κ1) is 19.0. The standard InChI is InChI=1S/C20H15BrN2O3S/c21-16-11-13-17(14-12-16)22-23-20(19(24)15-7-3-1-4-8-15)27(25,26)18-9-5-2-6-10-18/h1-14,22H. The minimum Gasteiger partial charge on any atom is -0.286 e. The Kier molecular flexibility index (Phi) is 5.83. The third-order valence-electron chi connectivity index (χ3n) is 3.67. The van der Waals surface area contributed by atoms with Crippen molar-refractivity contribution in [2.45, 2.75) is 4.90 Å². The Morgan fingerprint density at radius 1 is 0.815 bits per heavy atom. The van der Waals surface area contributed by atoms with E-state index in [9.17, 15) is 13.2 Å². The molecule has 0 aliphatic rings. The summed E-state index contributed by atoms with van der Waals surface area (Å²) in [6, 6.07) is 22.9. The second-order valence-corrected chi connectivity index (χ2v) is 8.33. The van der Waals surface area contributed by atoms with Crippen LogP contribution in [0.5, 0.6) is 0 Å². The number of nitrogens with one attached hydrogen (secondary N) is 1. The van der Waals surface area contributed by atoms with Gasteiger partial charge in [0.25, 0.3) is 0 Å². The Hall–Kier alpha value is -2.77. The molecule has 0 saturated carbocycles. The summed E-state index contributed by atoms with van der Waals surface area (Å²) in [5, 5.41) is 3.40. The number of benzene rings is 3. The molecular weight excluding hydrogens is 428 g/mol. The smallest absolute Gasteiger partial charge is 0.229 e. The summed E-state index contributed by atoms with van der Waals surface area (Å²) in [6.45, 7) is 0. The van der Waals surface area contributed by atoms with Crippen LogP contribution in [0.15, 0.2) is 99.4 Å². The molecule has 0 unspecified atom stereocenters. The van der Waals surface area contributed by atoms with E-state index in [2.05, 4.69) is 26.5 Å². The molecule has 0 aliphatic carbocycles. The van der Waals surface area contributed by atoms with Gasteiger partial charge in [-0.1, -0.05) is 64.5 Å². The highest BCUT2D eigenvalue weighted by atomic mass is 79.9. The predicted octanol–water partition coefficient (Wildman–Crippen LogP) is 4.53. The van der Waals surface area contributed by atoms with Crippen LogP contribution in [-0.2, 0) is 9.84 Å². The van der Waals surface area contributed by atoms with Crippen LogP contribution in [0.4, 0.5) is 5.69 Å². The molecule has 3 aromatic rings. The van der Waals surface area contributed by atoms with Crippen LogP contribution >= 0.6 is 15.9 Å². The van der Waals surface area contributed by atoms with E-state index < -0.39 is 20.7 Å². The third-order valence-corrected chi connectivity index (χ3v) is 5.88. The number of hydrogen-bond donors (Lipinski definition) is 1. The lowest BCUT2D eigenvalue weighted by molar-refractivity contribution is 0.106. The van der Waals surface area contributed by atoms with Crippen LogP contribution < -0.4 is 5.43 Å². The van der Waals surface area contributed by atoms with Crippen LogP contribution in [0.2, 0.25) is 0 Å². The summed E-state index contributed by atoms with van der Waals surface area (Å²) in [7, 11) is -4.10. The Labute approximate surface area is 165 Å². The molecule has 3 aromatic carbocycles. The SMILES string of the molecule is O=C(C(=NNc1ccc(Br)cc1)S(=O)(=O)c1ccccc1)c1ccccc1. The van der Waals surface area contributed by atoms with E-state index in [1.165, 1.54) is 12.1 Å². The van der Waals surface area contributed by atoms with Crippen LogP contribution in [0.1, 0.15) is 10.4 Å². The van der Waals surface area contributed by atoms with E-state index in [1.54, 1.807) is 72.8 Å². The molecule has 27 heavy (non-hydrogen) atoms. The molecule has 0 aliphatic heterocycles. The Bertz CT molecular complexity index is 1070. The first-order valence-electron chi connectivity index (χ1n) is 7.97. The van der Waals surface area contributed by atoms with Crippen molar-refractivity contribution in [2.24, 2.45) is 5.10 Å². The first-order valence-corrected chi connectivity index (χ1v) is 10.3. The normalized spacial score (nSPS) is 11.8. The van der Waals surface area contributed by atoms with Gasteiger partial charge < -0.3 is 0 Å². The zero-order valence-corrected chi connectivity index (χ0v) is 16.4. The minimum absolute atomic E-state index is 0.00522. The molecule has 0 atom stereocenters. The maximum absolute atomic E-state index is 13.0. The average molecular weight is 443 g/mol. The van der Waals surface area contributed by atoms with Gasteiger partial charge in [0.1, 0.15) is 0 Å². The second kappa shape index (κ2) is 8.28. The van der Waals surface area contributed by atoms with Gasteiger partial charge in [-0.2, -0.15) is 5.10 Å².